The van der Waals surface area contributed by atoms with Crippen molar-refractivity contribution in [3.8, 4) is 0 Å². The molecule has 1 aromatic heterocycles. The molecule has 0 saturated carbocycles. The van der Waals surface area contributed by atoms with E-state index in [0.717, 1.165) is 58.1 Å². The maximum atomic E-state index is 11.9. The predicted molar refractivity (Wildman–Crippen MR) is 87.3 cm³/mol. The Morgan fingerprint density at radius 2 is 2.04 bits per heavy atom. The quantitative estimate of drug-likeness (QED) is 0.812. The summed E-state index contributed by atoms with van der Waals surface area (Å²) in [5.41, 5.74) is 0. The van der Waals surface area contributed by atoms with E-state index < -0.39 is 0 Å². The van der Waals surface area contributed by atoms with Crippen LogP contribution in [0, 0.1) is 0 Å². The summed E-state index contributed by atoms with van der Waals surface area (Å²) in [5, 5.41) is 2.98. The molecule has 3 heterocycles. The number of nitrogens with one attached hydrogen (secondary N) is 1. The van der Waals surface area contributed by atoms with E-state index in [0.29, 0.717) is 13.0 Å². The van der Waals surface area contributed by atoms with Crippen LogP contribution < -0.4 is 10.2 Å². The molecule has 2 fully saturated rings. The van der Waals surface area contributed by atoms with Crippen molar-refractivity contribution in [1.29, 1.82) is 0 Å². The Bertz CT molecular complexity index is 485. The van der Waals surface area contributed by atoms with Gasteiger partial charge in [-0.3, -0.25) is 9.69 Å². The van der Waals surface area contributed by atoms with Crippen LogP contribution >= 0.6 is 0 Å². The number of carbonyl (C=O) groups is 1. The number of nitrogens with zero attached hydrogens (tertiary/aromatic N) is 4. The molecule has 2 saturated heterocycles. The number of carbonyl (C=O) groups excluding carboxylic acids is 1. The van der Waals surface area contributed by atoms with E-state index in [9.17, 15) is 4.79 Å². The van der Waals surface area contributed by atoms with Crippen LogP contribution in [0.15, 0.2) is 18.5 Å². The largest absolute Gasteiger partial charge is 0.376 e. The molecule has 7 nitrogen and oxygen atoms in total. The zero-order chi connectivity index (χ0) is 15.9. The van der Waals surface area contributed by atoms with E-state index in [-0.39, 0.29) is 12.0 Å². The number of hydrogen-bond donors (Lipinski definition) is 1. The van der Waals surface area contributed by atoms with Gasteiger partial charge in [0.05, 0.1) is 6.10 Å². The predicted octanol–water partition coefficient (Wildman–Crippen LogP) is 0.284. The van der Waals surface area contributed by atoms with Gasteiger partial charge in [-0.05, 0) is 18.9 Å². The first-order valence-corrected chi connectivity index (χ1v) is 8.44. The smallest absolute Gasteiger partial charge is 0.225 e. The summed E-state index contributed by atoms with van der Waals surface area (Å²) in [6, 6.07) is 1.83. The number of ether oxygens (including phenoxy) is 1. The standard InChI is InChI=1S/C16H25N5O2/c22-15(19-13-14-3-1-12-23-14)4-7-20-8-10-21(11-9-20)16-17-5-2-6-18-16/h2,5-6,14H,1,3-4,7-13H2,(H,19,22). The van der Waals surface area contributed by atoms with Crippen molar-refractivity contribution in [2.45, 2.75) is 25.4 Å². The summed E-state index contributed by atoms with van der Waals surface area (Å²) in [7, 11) is 0. The van der Waals surface area contributed by atoms with Gasteiger partial charge >= 0.3 is 0 Å². The highest BCUT2D eigenvalue weighted by molar-refractivity contribution is 5.76. The molecule has 0 radical (unpaired) electrons. The van der Waals surface area contributed by atoms with E-state index in [1.54, 1.807) is 12.4 Å². The molecule has 1 N–H and O–H groups in total. The summed E-state index contributed by atoms with van der Waals surface area (Å²) in [5.74, 6) is 0.913. The Labute approximate surface area is 137 Å². The van der Waals surface area contributed by atoms with Gasteiger partial charge in [-0.25, -0.2) is 9.97 Å². The van der Waals surface area contributed by atoms with Gasteiger partial charge < -0.3 is 15.0 Å². The molecule has 0 aliphatic carbocycles. The summed E-state index contributed by atoms with van der Waals surface area (Å²) in [6.45, 7) is 5.98. The number of hydrogen-bond acceptors (Lipinski definition) is 6. The van der Waals surface area contributed by atoms with Gasteiger partial charge in [-0.15, -0.1) is 0 Å². The van der Waals surface area contributed by atoms with E-state index in [1.807, 2.05) is 6.07 Å². The van der Waals surface area contributed by atoms with Crippen LogP contribution in [0.2, 0.25) is 0 Å². The van der Waals surface area contributed by atoms with E-state index >= 15 is 0 Å². The maximum Gasteiger partial charge on any atom is 0.225 e. The summed E-state index contributed by atoms with van der Waals surface area (Å²) >= 11 is 0. The number of piperazine rings is 1. The van der Waals surface area contributed by atoms with Crippen LogP contribution in [-0.4, -0.2) is 72.8 Å². The fourth-order valence-corrected chi connectivity index (χ4v) is 3.01. The Hall–Kier alpha value is -1.73. The lowest BCUT2D eigenvalue weighted by molar-refractivity contribution is -0.121. The molecule has 3 rings (SSSR count). The molecular weight excluding hydrogens is 294 g/mol. The molecular formula is C16H25N5O2. The van der Waals surface area contributed by atoms with Crippen molar-refractivity contribution in [2.24, 2.45) is 0 Å². The van der Waals surface area contributed by atoms with E-state index in [4.69, 9.17) is 4.74 Å². The van der Waals surface area contributed by atoms with Gasteiger partial charge in [-0.2, -0.15) is 0 Å². The van der Waals surface area contributed by atoms with Crippen LogP contribution in [-0.2, 0) is 9.53 Å². The average molecular weight is 319 g/mol. The minimum Gasteiger partial charge on any atom is -0.376 e. The first kappa shape index (κ1) is 16.1. The van der Waals surface area contributed by atoms with Crippen molar-refractivity contribution in [3.05, 3.63) is 18.5 Å². The molecule has 1 atom stereocenters. The summed E-state index contributed by atoms with van der Waals surface area (Å²) < 4.78 is 5.51. The summed E-state index contributed by atoms with van der Waals surface area (Å²) in [6.07, 6.45) is 6.47. The number of anilines is 1. The fourth-order valence-electron chi connectivity index (χ4n) is 3.01. The monoisotopic (exact) mass is 319 g/mol. The molecule has 0 spiro atoms. The Morgan fingerprint density at radius 3 is 2.74 bits per heavy atom. The second-order valence-electron chi connectivity index (χ2n) is 6.07. The number of rotatable bonds is 6. The van der Waals surface area contributed by atoms with Crippen molar-refractivity contribution in [1.82, 2.24) is 20.2 Å². The molecule has 7 heteroatoms. The lowest BCUT2D eigenvalue weighted by Crippen LogP contribution is -2.48. The molecule has 126 valence electrons. The van der Waals surface area contributed by atoms with Gasteiger partial charge in [0, 0.05) is 64.7 Å². The Kier molecular flexibility index (Phi) is 5.76. The highest BCUT2D eigenvalue weighted by Crippen LogP contribution is 2.11. The van der Waals surface area contributed by atoms with Gasteiger partial charge in [0.2, 0.25) is 11.9 Å². The van der Waals surface area contributed by atoms with E-state index in [2.05, 4.69) is 25.1 Å². The molecule has 0 aromatic carbocycles. The maximum absolute atomic E-state index is 11.9. The highest BCUT2D eigenvalue weighted by Gasteiger charge is 2.20. The zero-order valence-electron chi connectivity index (χ0n) is 13.5. The third kappa shape index (κ3) is 4.87. The molecule has 1 unspecified atom stereocenters. The topological polar surface area (TPSA) is 70.6 Å². The van der Waals surface area contributed by atoms with Gasteiger partial charge in [-0.1, -0.05) is 0 Å². The van der Waals surface area contributed by atoms with Crippen LogP contribution in [0.25, 0.3) is 0 Å². The zero-order valence-corrected chi connectivity index (χ0v) is 13.5. The minimum absolute atomic E-state index is 0.120. The van der Waals surface area contributed by atoms with Crippen LogP contribution in [0.4, 0.5) is 5.95 Å². The van der Waals surface area contributed by atoms with Crippen molar-refractivity contribution in [3.63, 3.8) is 0 Å². The third-order valence-corrected chi connectivity index (χ3v) is 4.41. The van der Waals surface area contributed by atoms with Crippen LogP contribution in [0.5, 0.6) is 0 Å². The van der Waals surface area contributed by atoms with Gasteiger partial charge in [0.25, 0.3) is 0 Å². The lowest BCUT2D eigenvalue weighted by Gasteiger charge is -2.34. The number of aromatic nitrogens is 2. The normalized spacial score (nSPS) is 22.3. The van der Waals surface area contributed by atoms with Crippen molar-refractivity contribution >= 4 is 11.9 Å². The van der Waals surface area contributed by atoms with E-state index in [1.165, 1.54) is 0 Å². The molecule has 0 bridgehead atoms. The molecule has 1 aromatic rings. The van der Waals surface area contributed by atoms with Gasteiger partial charge in [0.1, 0.15) is 0 Å². The first-order valence-electron chi connectivity index (χ1n) is 8.44. The second-order valence-corrected chi connectivity index (χ2v) is 6.07. The third-order valence-electron chi connectivity index (χ3n) is 4.41. The molecule has 1 amide bonds. The summed E-state index contributed by atoms with van der Waals surface area (Å²) in [4.78, 5) is 25.0. The van der Waals surface area contributed by atoms with Crippen LogP contribution in [0.3, 0.4) is 0 Å². The lowest BCUT2D eigenvalue weighted by atomic mass is 10.2. The minimum atomic E-state index is 0.120. The molecule has 23 heavy (non-hydrogen) atoms. The first-order chi connectivity index (χ1) is 11.3. The van der Waals surface area contributed by atoms with Crippen molar-refractivity contribution in [2.75, 3.05) is 50.8 Å². The molecule has 2 aliphatic heterocycles. The number of amides is 1. The highest BCUT2D eigenvalue weighted by atomic mass is 16.5. The second kappa shape index (κ2) is 8.21. The molecule has 2 aliphatic rings. The van der Waals surface area contributed by atoms with Crippen LogP contribution in [0.1, 0.15) is 19.3 Å². The Balaban J connectivity index is 1.32. The fraction of sp³-hybridized carbons (Fsp3) is 0.688. The average Bonchev–Trinajstić information content (AvgIpc) is 3.13. The SMILES string of the molecule is O=C(CCN1CCN(c2ncccn2)CC1)NCC1CCCO1. The van der Waals surface area contributed by atoms with Gasteiger partial charge in [0.15, 0.2) is 0 Å². The Morgan fingerprint density at radius 1 is 1.26 bits per heavy atom. The van der Waals surface area contributed by atoms with Crippen molar-refractivity contribution < 1.29 is 9.53 Å².